The van der Waals surface area contributed by atoms with Crippen molar-refractivity contribution in [3.8, 4) is 11.8 Å². The second-order valence-electron chi connectivity index (χ2n) is 4.94. The van der Waals surface area contributed by atoms with Gasteiger partial charge in [-0.25, -0.2) is 9.59 Å². The van der Waals surface area contributed by atoms with Crippen molar-refractivity contribution in [1.29, 1.82) is 0 Å². The van der Waals surface area contributed by atoms with E-state index in [9.17, 15) is 19.8 Å². The van der Waals surface area contributed by atoms with Gasteiger partial charge >= 0.3 is 11.9 Å². The predicted octanol–water partition coefficient (Wildman–Crippen LogP) is 3.78. The smallest absolute Gasteiger partial charge is 0.336 e. The number of fused-ring (bicyclic) bond motifs is 1. The molecule has 0 unspecified atom stereocenters. The number of carboxylic acids is 2. The van der Waals surface area contributed by atoms with Crippen LogP contribution in [0.3, 0.4) is 0 Å². The highest BCUT2D eigenvalue weighted by molar-refractivity contribution is 6.11. The van der Waals surface area contributed by atoms with Gasteiger partial charge in [-0.05, 0) is 35.4 Å². The molecule has 4 nitrogen and oxygen atoms in total. The maximum absolute atomic E-state index is 11.4. The fraction of sp³-hybridized carbons (Fsp3) is 0.222. The summed E-state index contributed by atoms with van der Waals surface area (Å²) in [7, 11) is 0. The van der Waals surface area contributed by atoms with Crippen molar-refractivity contribution < 1.29 is 19.8 Å². The van der Waals surface area contributed by atoms with E-state index in [4.69, 9.17) is 0 Å². The number of rotatable bonds is 4. The highest BCUT2D eigenvalue weighted by Gasteiger charge is 2.15. The zero-order valence-electron chi connectivity index (χ0n) is 12.2. The van der Waals surface area contributed by atoms with E-state index in [2.05, 4.69) is 18.8 Å². The molecule has 0 aromatic heterocycles. The number of benzene rings is 2. The Bertz CT molecular complexity index is 794. The highest BCUT2D eigenvalue weighted by atomic mass is 16.4. The van der Waals surface area contributed by atoms with Crippen molar-refractivity contribution in [2.75, 3.05) is 0 Å². The van der Waals surface area contributed by atoms with Crippen LogP contribution in [0.25, 0.3) is 10.8 Å². The number of aromatic carboxylic acids is 2. The molecule has 4 heteroatoms. The molecule has 2 N–H and O–H groups in total. The van der Waals surface area contributed by atoms with Gasteiger partial charge in [0.2, 0.25) is 0 Å². The third-order valence-corrected chi connectivity index (χ3v) is 3.34. The molecule has 0 fully saturated rings. The maximum Gasteiger partial charge on any atom is 0.336 e. The zero-order chi connectivity index (χ0) is 16.1. The minimum atomic E-state index is -1.09. The third-order valence-electron chi connectivity index (χ3n) is 3.34. The molecular weight excluding hydrogens is 280 g/mol. The first kappa shape index (κ1) is 15.6. The second kappa shape index (κ2) is 6.77. The summed E-state index contributed by atoms with van der Waals surface area (Å²) >= 11 is 0. The lowest BCUT2D eigenvalue weighted by molar-refractivity contribution is 0.0686. The van der Waals surface area contributed by atoms with E-state index in [-0.39, 0.29) is 11.1 Å². The minimum absolute atomic E-state index is 0.0698. The van der Waals surface area contributed by atoms with Crippen molar-refractivity contribution in [3.63, 3.8) is 0 Å². The topological polar surface area (TPSA) is 74.6 Å². The molecule has 2 aromatic carbocycles. The molecule has 112 valence electrons. The van der Waals surface area contributed by atoms with Gasteiger partial charge in [-0.2, -0.15) is 0 Å². The third kappa shape index (κ3) is 3.26. The van der Waals surface area contributed by atoms with Crippen molar-refractivity contribution in [3.05, 3.63) is 47.0 Å². The molecule has 2 aromatic rings. The molecule has 0 heterocycles. The normalized spacial score (nSPS) is 10.0. The number of carbonyl (C=O) groups is 2. The van der Waals surface area contributed by atoms with Crippen molar-refractivity contribution in [2.45, 2.75) is 26.2 Å². The van der Waals surface area contributed by atoms with Crippen LogP contribution in [0, 0.1) is 11.8 Å². The van der Waals surface area contributed by atoms with Crippen LogP contribution in [0.1, 0.15) is 52.5 Å². The van der Waals surface area contributed by atoms with Crippen molar-refractivity contribution in [1.82, 2.24) is 0 Å². The molecule has 0 aliphatic rings. The lowest BCUT2D eigenvalue weighted by Gasteiger charge is -2.07. The summed E-state index contributed by atoms with van der Waals surface area (Å²) in [6.07, 6.45) is 2.75. The Kier molecular flexibility index (Phi) is 4.80. The summed E-state index contributed by atoms with van der Waals surface area (Å²) in [5.41, 5.74) is 0.673. The minimum Gasteiger partial charge on any atom is -0.478 e. The Morgan fingerprint density at radius 3 is 2.41 bits per heavy atom. The lowest BCUT2D eigenvalue weighted by atomic mass is 9.97. The van der Waals surface area contributed by atoms with Gasteiger partial charge in [0.05, 0.1) is 11.1 Å². The van der Waals surface area contributed by atoms with Crippen LogP contribution in [0.2, 0.25) is 0 Å². The molecule has 0 bridgehead atoms. The summed E-state index contributed by atoms with van der Waals surface area (Å²) in [5, 5.41) is 19.4. The monoisotopic (exact) mass is 296 g/mol. The Labute approximate surface area is 128 Å². The summed E-state index contributed by atoms with van der Waals surface area (Å²) in [6, 6.07) is 7.76. The van der Waals surface area contributed by atoms with Gasteiger partial charge in [0.15, 0.2) is 0 Å². The Morgan fingerprint density at radius 2 is 1.77 bits per heavy atom. The fourth-order valence-corrected chi connectivity index (χ4v) is 2.25. The van der Waals surface area contributed by atoms with Crippen LogP contribution in [-0.4, -0.2) is 22.2 Å². The molecule has 0 aliphatic carbocycles. The summed E-state index contributed by atoms with van der Waals surface area (Å²) in [5.74, 6) is 3.74. The van der Waals surface area contributed by atoms with Gasteiger partial charge in [-0.1, -0.05) is 37.3 Å². The van der Waals surface area contributed by atoms with Gasteiger partial charge < -0.3 is 10.2 Å². The number of unbranched alkanes of at least 4 members (excludes halogenated alkanes) is 2. The molecule has 0 spiro atoms. The number of carboxylic acid groups (broad SMARTS) is 2. The summed E-state index contributed by atoms with van der Waals surface area (Å²) < 4.78 is 0. The molecule has 0 saturated heterocycles. The van der Waals surface area contributed by atoms with Crippen LogP contribution in [-0.2, 0) is 0 Å². The van der Waals surface area contributed by atoms with Gasteiger partial charge in [0.25, 0.3) is 0 Å². The molecule has 22 heavy (non-hydrogen) atoms. The summed E-state index contributed by atoms with van der Waals surface area (Å²) in [6.45, 7) is 2.07. The molecular formula is C18H16O4. The Hall–Kier alpha value is -2.80. The second-order valence-corrected chi connectivity index (χ2v) is 4.94. The average Bonchev–Trinajstić information content (AvgIpc) is 2.49. The van der Waals surface area contributed by atoms with Crippen LogP contribution in [0.15, 0.2) is 30.3 Å². The predicted molar refractivity (Wildman–Crippen MR) is 84.3 cm³/mol. The standard InChI is InChI=1S/C18H16O4/c1-2-3-4-5-7-12-10-15-13(16(11-12)18(21)22)8-6-9-14(15)17(19)20/h6,8-11H,2-4H2,1H3,(H,19,20)(H,21,22). The fourth-order valence-electron chi connectivity index (χ4n) is 2.25. The molecule has 0 amide bonds. The first-order valence-electron chi connectivity index (χ1n) is 7.06. The first-order valence-corrected chi connectivity index (χ1v) is 7.06. The molecule has 0 aliphatic heterocycles. The highest BCUT2D eigenvalue weighted by Crippen LogP contribution is 2.25. The van der Waals surface area contributed by atoms with Gasteiger partial charge in [0, 0.05) is 12.0 Å². The van der Waals surface area contributed by atoms with E-state index in [1.807, 2.05) is 0 Å². The Morgan fingerprint density at radius 1 is 1.05 bits per heavy atom. The largest absolute Gasteiger partial charge is 0.478 e. The Balaban J connectivity index is 2.64. The molecule has 2 rings (SSSR count). The van der Waals surface area contributed by atoms with Crippen LogP contribution in [0.5, 0.6) is 0 Å². The summed E-state index contributed by atoms with van der Waals surface area (Å²) in [4.78, 5) is 22.8. The van der Waals surface area contributed by atoms with Gasteiger partial charge in [-0.15, -0.1) is 0 Å². The van der Waals surface area contributed by atoms with Crippen molar-refractivity contribution in [2.24, 2.45) is 0 Å². The van der Waals surface area contributed by atoms with Crippen LogP contribution in [0.4, 0.5) is 0 Å². The van der Waals surface area contributed by atoms with E-state index in [0.29, 0.717) is 16.3 Å². The van der Waals surface area contributed by atoms with Gasteiger partial charge in [0.1, 0.15) is 0 Å². The quantitative estimate of drug-likeness (QED) is 0.665. The van der Waals surface area contributed by atoms with E-state index in [1.54, 1.807) is 18.2 Å². The molecule has 0 atom stereocenters. The molecule has 0 radical (unpaired) electrons. The molecule has 0 saturated carbocycles. The average molecular weight is 296 g/mol. The number of hydrogen-bond acceptors (Lipinski definition) is 2. The van der Waals surface area contributed by atoms with E-state index in [0.717, 1.165) is 19.3 Å². The SMILES string of the molecule is CCCCC#Cc1cc(C(=O)O)c2cccc(C(=O)O)c2c1. The van der Waals surface area contributed by atoms with E-state index < -0.39 is 11.9 Å². The van der Waals surface area contributed by atoms with E-state index in [1.165, 1.54) is 12.1 Å². The number of hydrogen-bond donors (Lipinski definition) is 2. The van der Waals surface area contributed by atoms with Gasteiger partial charge in [-0.3, -0.25) is 0 Å². The van der Waals surface area contributed by atoms with E-state index >= 15 is 0 Å². The maximum atomic E-state index is 11.4. The van der Waals surface area contributed by atoms with Crippen molar-refractivity contribution >= 4 is 22.7 Å². The van der Waals surface area contributed by atoms with Crippen LogP contribution >= 0.6 is 0 Å². The zero-order valence-corrected chi connectivity index (χ0v) is 12.2. The van der Waals surface area contributed by atoms with Crippen LogP contribution < -0.4 is 0 Å². The first-order chi connectivity index (χ1) is 10.5. The lowest BCUT2D eigenvalue weighted by Crippen LogP contribution is -2.02.